The zero-order chi connectivity index (χ0) is 19.5. The van der Waals surface area contributed by atoms with Gasteiger partial charge in [-0.25, -0.2) is 8.42 Å². The molecule has 0 aliphatic heterocycles. The van der Waals surface area contributed by atoms with E-state index in [1.54, 1.807) is 6.07 Å². The van der Waals surface area contributed by atoms with E-state index in [2.05, 4.69) is 10.0 Å². The van der Waals surface area contributed by atoms with Gasteiger partial charge in [0.2, 0.25) is 0 Å². The zero-order valence-electron chi connectivity index (χ0n) is 15.3. The molecule has 5 nitrogen and oxygen atoms in total. The Morgan fingerprint density at radius 3 is 2.42 bits per heavy atom. The molecule has 26 heavy (non-hydrogen) atoms. The molecular weight excluding hydrogens is 372 g/mol. The van der Waals surface area contributed by atoms with Crippen LogP contribution in [0.15, 0.2) is 41.3 Å². The summed E-state index contributed by atoms with van der Waals surface area (Å²) >= 11 is 6.09. The predicted molar refractivity (Wildman–Crippen MR) is 105 cm³/mol. The van der Waals surface area contributed by atoms with Crippen LogP contribution in [0.4, 0.5) is 5.69 Å². The second-order valence-electron chi connectivity index (χ2n) is 6.67. The number of amides is 1. The molecule has 2 aromatic rings. The monoisotopic (exact) mass is 394 g/mol. The van der Waals surface area contributed by atoms with Crippen molar-refractivity contribution >= 4 is 33.2 Å². The lowest BCUT2D eigenvalue weighted by molar-refractivity contribution is 0.0949. The Morgan fingerprint density at radius 2 is 1.81 bits per heavy atom. The molecule has 0 radical (unpaired) electrons. The van der Waals surface area contributed by atoms with Crippen LogP contribution in [0, 0.1) is 19.8 Å². The molecule has 2 N–H and O–H groups in total. The second-order valence-corrected chi connectivity index (χ2v) is 8.73. The van der Waals surface area contributed by atoms with Gasteiger partial charge < -0.3 is 5.32 Å². The first kappa shape index (κ1) is 20.3. The maximum Gasteiger partial charge on any atom is 0.263 e. The van der Waals surface area contributed by atoms with E-state index in [4.69, 9.17) is 11.6 Å². The minimum absolute atomic E-state index is 0.0580. The van der Waals surface area contributed by atoms with Gasteiger partial charge in [-0.1, -0.05) is 43.1 Å². The number of anilines is 1. The molecule has 0 unspecified atom stereocenters. The number of aryl methyl sites for hydroxylation is 2. The topological polar surface area (TPSA) is 75.3 Å². The van der Waals surface area contributed by atoms with Crippen molar-refractivity contribution in [3.05, 3.63) is 58.1 Å². The summed E-state index contributed by atoms with van der Waals surface area (Å²) in [6.07, 6.45) is 0. The Hall–Kier alpha value is -2.05. The number of halogens is 1. The first-order chi connectivity index (χ1) is 12.1. The summed E-state index contributed by atoms with van der Waals surface area (Å²) < 4.78 is 28.1. The molecule has 0 saturated heterocycles. The van der Waals surface area contributed by atoms with Gasteiger partial charge in [-0.2, -0.15) is 0 Å². The van der Waals surface area contributed by atoms with Crippen LogP contribution in [-0.2, 0) is 10.0 Å². The summed E-state index contributed by atoms with van der Waals surface area (Å²) in [5.74, 6) is -0.0426. The number of hydrogen-bond donors (Lipinski definition) is 2. The average Bonchev–Trinajstić information content (AvgIpc) is 2.55. The minimum atomic E-state index is -3.93. The third kappa shape index (κ3) is 4.99. The van der Waals surface area contributed by atoms with Crippen LogP contribution in [0.5, 0.6) is 0 Å². The van der Waals surface area contributed by atoms with Crippen molar-refractivity contribution in [3.63, 3.8) is 0 Å². The predicted octanol–water partition coefficient (Wildman–Crippen LogP) is 4.14. The highest BCUT2D eigenvalue weighted by atomic mass is 35.5. The first-order valence-electron chi connectivity index (χ1n) is 8.28. The van der Waals surface area contributed by atoms with Crippen molar-refractivity contribution < 1.29 is 13.2 Å². The molecule has 0 aliphatic carbocycles. The highest BCUT2D eigenvalue weighted by molar-refractivity contribution is 7.92. The van der Waals surface area contributed by atoms with Crippen molar-refractivity contribution in [2.45, 2.75) is 32.6 Å². The first-order valence-corrected chi connectivity index (χ1v) is 10.1. The number of benzene rings is 2. The molecule has 7 heteroatoms. The van der Waals surface area contributed by atoms with Gasteiger partial charge in [0, 0.05) is 12.1 Å². The molecular formula is C19H23ClN2O3S. The van der Waals surface area contributed by atoms with E-state index in [9.17, 15) is 13.2 Å². The lowest BCUT2D eigenvalue weighted by atomic mass is 10.1. The molecule has 0 heterocycles. The van der Waals surface area contributed by atoms with Gasteiger partial charge in [-0.3, -0.25) is 9.52 Å². The van der Waals surface area contributed by atoms with E-state index in [-0.39, 0.29) is 21.4 Å². The molecule has 1 amide bonds. The van der Waals surface area contributed by atoms with Crippen LogP contribution in [-0.4, -0.2) is 20.9 Å². The van der Waals surface area contributed by atoms with Crippen LogP contribution in [0.2, 0.25) is 5.02 Å². The number of carbonyl (C=O) groups is 1. The molecule has 0 aromatic heterocycles. The van der Waals surface area contributed by atoms with Crippen molar-refractivity contribution in [2.24, 2.45) is 5.92 Å². The maximum atomic E-state index is 12.8. The number of rotatable bonds is 6. The molecule has 0 bridgehead atoms. The Bertz CT molecular complexity index is 924. The van der Waals surface area contributed by atoms with E-state index in [0.717, 1.165) is 11.1 Å². The lowest BCUT2D eigenvalue weighted by Gasteiger charge is -2.13. The Balaban J connectivity index is 2.33. The third-order valence-electron chi connectivity index (χ3n) is 3.78. The van der Waals surface area contributed by atoms with E-state index >= 15 is 0 Å². The number of sulfonamides is 1. The summed E-state index contributed by atoms with van der Waals surface area (Å²) in [7, 11) is -3.93. The largest absolute Gasteiger partial charge is 0.352 e. The summed E-state index contributed by atoms with van der Waals surface area (Å²) in [6.45, 7) is 8.21. The summed E-state index contributed by atoms with van der Waals surface area (Å²) in [5, 5.41) is 2.82. The van der Waals surface area contributed by atoms with Crippen LogP contribution < -0.4 is 10.0 Å². The van der Waals surface area contributed by atoms with Crippen molar-refractivity contribution in [3.8, 4) is 0 Å². The normalized spacial score (nSPS) is 11.5. The highest BCUT2D eigenvalue weighted by Gasteiger charge is 2.21. The molecule has 0 spiro atoms. The van der Waals surface area contributed by atoms with Gasteiger partial charge >= 0.3 is 0 Å². The molecule has 2 aromatic carbocycles. The van der Waals surface area contributed by atoms with Crippen LogP contribution in [0.3, 0.4) is 0 Å². The Kier molecular flexibility index (Phi) is 6.31. The molecule has 0 fully saturated rings. The maximum absolute atomic E-state index is 12.8. The summed E-state index contributed by atoms with van der Waals surface area (Å²) in [5.41, 5.74) is 2.56. The van der Waals surface area contributed by atoms with E-state index in [1.165, 1.54) is 18.2 Å². The number of hydrogen-bond acceptors (Lipinski definition) is 3. The van der Waals surface area contributed by atoms with Gasteiger partial charge in [0.05, 0.1) is 10.7 Å². The van der Waals surface area contributed by atoms with Crippen molar-refractivity contribution in [2.75, 3.05) is 11.3 Å². The standard InChI is InChI=1S/C19H23ClN2O3S/c1-12(2)11-21-19(23)15-6-7-16(20)18(10-15)26(24,25)22-17-8-5-13(3)9-14(17)4/h5-10,12,22H,11H2,1-4H3,(H,21,23). The van der Waals surface area contributed by atoms with Crippen molar-refractivity contribution in [1.29, 1.82) is 0 Å². The quantitative estimate of drug-likeness (QED) is 0.772. The SMILES string of the molecule is Cc1ccc(NS(=O)(=O)c2cc(C(=O)NCC(C)C)ccc2Cl)c(C)c1. The molecule has 0 saturated carbocycles. The smallest absolute Gasteiger partial charge is 0.263 e. The van der Waals surface area contributed by atoms with Crippen molar-refractivity contribution in [1.82, 2.24) is 5.32 Å². The summed E-state index contributed by atoms with van der Waals surface area (Å²) in [6, 6.07) is 9.63. The molecule has 140 valence electrons. The van der Waals surface area contributed by atoms with Gasteiger partial charge in [-0.15, -0.1) is 0 Å². The second kappa shape index (κ2) is 8.10. The summed E-state index contributed by atoms with van der Waals surface area (Å²) in [4.78, 5) is 12.1. The Morgan fingerprint density at radius 1 is 1.12 bits per heavy atom. The lowest BCUT2D eigenvalue weighted by Crippen LogP contribution is -2.27. The Labute approximate surface area is 159 Å². The molecule has 2 rings (SSSR count). The van der Waals surface area contributed by atoms with Gasteiger partial charge in [0.25, 0.3) is 15.9 Å². The molecule has 0 aliphatic rings. The van der Waals surface area contributed by atoms with Gasteiger partial charge in [-0.05, 0) is 49.6 Å². The average molecular weight is 395 g/mol. The van der Waals surface area contributed by atoms with Crippen LogP contribution in [0.25, 0.3) is 0 Å². The van der Waals surface area contributed by atoms with E-state index in [0.29, 0.717) is 18.2 Å². The fraction of sp³-hybridized carbons (Fsp3) is 0.316. The zero-order valence-corrected chi connectivity index (χ0v) is 16.8. The number of carbonyl (C=O) groups excluding carboxylic acids is 1. The molecule has 0 atom stereocenters. The minimum Gasteiger partial charge on any atom is -0.352 e. The van der Waals surface area contributed by atoms with E-state index < -0.39 is 10.0 Å². The van der Waals surface area contributed by atoms with Crippen LogP contribution >= 0.6 is 11.6 Å². The highest BCUT2D eigenvalue weighted by Crippen LogP contribution is 2.26. The van der Waals surface area contributed by atoms with E-state index in [1.807, 2.05) is 39.8 Å². The number of nitrogens with one attached hydrogen (secondary N) is 2. The third-order valence-corrected chi connectivity index (χ3v) is 5.63. The van der Waals surface area contributed by atoms with Gasteiger partial charge in [0.15, 0.2) is 0 Å². The van der Waals surface area contributed by atoms with Gasteiger partial charge in [0.1, 0.15) is 4.90 Å². The fourth-order valence-electron chi connectivity index (χ4n) is 2.38. The van der Waals surface area contributed by atoms with Crippen LogP contribution in [0.1, 0.15) is 35.3 Å². The fourth-order valence-corrected chi connectivity index (χ4v) is 4.03.